The van der Waals surface area contributed by atoms with Gasteiger partial charge in [-0.25, -0.2) is 0 Å². The molecule has 1 fully saturated rings. The van der Waals surface area contributed by atoms with Crippen LogP contribution in [0.1, 0.15) is 12.0 Å². The molecule has 1 aliphatic heterocycles. The third-order valence-electron chi connectivity index (χ3n) is 3.93. The van der Waals surface area contributed by atoms with Gasteiger partial charge in [-0.05, 0) is 18.2 Å². The smallest absolute Gasteiger partial charge is 0.309 e. The molecule has 0 aliphatic carbocycles. The van der Waals surface area contributed by atoms with Crippen LogP contribution in [-0.4, -0.2) is 12.1 Å². The van der Waals surface area contributed by atoms with Crippen LogP contribution in [0, 0.1) is 0 Å². The number of carbonyl (C=O) groups excluding carboxylic acids is 1. The quantitative estimate of drug-likeness (QED) is 0.637. The van der Waals surface area contributed by atoms with Gasteiger partial charge in [-0.3, -0.25) is 4.79 Å². The summed E-state index contributed by atoms with van der Waals surface area (Å²) in [5, 5.41) is 1.09. The Balaban J connectivity index is 1.82. The van der Waals surface area contributed by atoms with Crippen molar-refractivity contribution in [3.63, 3.8) is 0 Å². The first-order chi connectivity index (χ1) is 10.7. The van der Waals surface area contributed by atoms with E-state index in [1.807, 2.05) is 42.5 Å². The second kappa shape index (κ2) is 5.29. The topological polar surface area (TPSA) is 39.4 Å². The van der Waals surface area contributed by atoms with Gasteiger partial charge in [-0.15, -0.1) is 0 Å². The molecule has 0 N–H and O–H groups in total. The van der Waals surface area contributed by atoms with Crippen LogP contribution in [0.25, 0.3) is 22.3 Å². The molecule has 2 heterocycles. The Bertz CT molecular complexity index is 840. The zero-order valence-corrected chi connectivity index (χ0v) is 13.3. The number of hydrogen-bond donors (Lipinski definition) is 0. The van der Waals surface area contributed by atoms with E-state index in [9.17, 15) is 4.79 Å². The van der Waals surface area contributed by atoms with E-state index in [0.717, 1.165) is 32.3 Å². The monoisotopic (exact) mass is 356 g/mol. The summed E-state index contributed by atoms with van der Waals surface area (Å²) in [5.41, 5.74) is 3.00. The van der Waals surface area contributed by atoms with Gasteiger partial charge >= 0.3 is 5.97 Å². The van der Waals surface area contributed by atoms with E-state index >= 15 is 0 Å². The fraction of sp³-hybridized carbons (Fsp3) is 0.167. The number of halogens is 1. The number of hydrogen-bond acceptors (Lipinski definition) is 3. The molecule has 3 aromatic rings. The molecule has 1 saturated heterocycles. The van der Waals surface area contributed by atoms with Gasteiger partial charge in [-0.1, -0.05) is 46.3 Å². The maximum absolute atomic E-state index is 11.0. The number of rotatable bonds is 3. The Morgan fingerprint density at radius 1 is 1.09 bits per heavy atom. The van der Waals surface area contributed by atoms with Crippen molar-refractivity contribution >= 4 is 32.9 Å². The van der Waals surface area contributed by atoms with Crippen LogP contribution in [0.4, 0.5) is 0 Å². The molecule has 4 heteroatoms. The largest absolute Gasteiger partial charge is 0.461 e. The summed E-state index contributed by atoms with van der Waals surface area (Å²) in [7, 11) is 0. The molecule has 0 amide bonds. The summed E-state index contributed by atoms with van der Waals surface area (Å²) >= 11 is 3.45. The summed E-state index contributed by atoms with van der Waals surface area (Å²) in [6.07, 6.45) is 1.13. The molecular weight excluding hydrogens is 344 g/mol. The highest BCUT2D eigenvalue weighted by atomic mass is 79.9. The summed E-state index contributed by atoms with van der Waals surface area (Å²) < 4.78 is 12.3. The lowest BCUT2D eigenvalue weighted by Crippen LogP contribution is -2.34. The maximum Gasteiger partial charge on any atom is 0.309 e. The maximum atomic E-state index is 11.0. The van der Waals surface area contributed by atoms with E-state index in [4.69, 9.17) is 9.15 Å². The van der Waals surface area contributed by atoms with Gasteiger partial charge in [0.2, 0.25) is 0 Å². The zero-order valence-electron chi connectivity index (χ0n) is 11.7. The van der Waals surface area contributed by atoms with Crippen LogP contribution in [0.15, 0.2) is 57.4 Å². The van der Waals surface area contributed by atoms with Gasteiger partial charge in [0, 0.05) is 27.4 Å². The SMILES string of the molecule is O=C1CC(Cc2c(-c3ccc(Br)cc3)oc3ccccc23)O1. The number of fused-ring (bicyclic) bond motifs is 1. The number of ether oxygens (including phenoxy) is 1. The van der Waals surface area contributed by atoms with Crippen molar-refractivity contribution in [1.29, 1.82) is 0 Å². The molecule has 1 atom stereocenters. The molecule has 0 spiro atoms. The van der Waals surface area contributed by atoms with Crippen LogP contribution in [0.5, 0.6) is 0 Å². The molecule has 2 aromatic carbocycles. The highest BCUT2D eigenvalue weighted by Crippen LogP contribution is 2.36. The average Bonchev–Trinajstić information content (AvgIpc) is 2.85. The fourth-order valence-electron chi connectivity index (χ4n) is 2.84. The Hall–Kier alpha value is -2.07. The van der Waals surface area contributed by atoms with Crippen molar-refractivity contribution < 1.29 is 13.9 Å². The van der Waals surface area contributed by atoms with Crippen LogP contribution < -0.4 is 0 Å². The standard InChI is InChI=1S/C18H13BrO3/c19-12-7-5-11(6-8-12)18-15(9-13-10-17(20)21-13)14-3-1-2-4-16(14)22-18/h1-8,13H,9-10H2. The lowest BCUT2D eigenvalue weighted by Gasteiger charge is -2.25. The predicted molar refractivity (Wildman–Crippen MR) is 87.6 cm³/mol. The van der Waals surface area contributed by atoms with Crippen LogP contribution in [0.3, 0.4) is 0 Å². The second-order valence-corrected chi connectivity index (χ2v) is 6.35. The van der Waals surface area contributed by atoms with Crippen LogP contribution in [-0.2, 0) is 16.0 Å². The molecule has 110 valence electrons. The highest BCUT2D eigenvalue weighted by molar-refractivity contribution is 9.10. The minimum Gasteiger partial charge on any atom is -0.461 e. The van der Waals surface area contributed by atoms with Crippen molar-refractivity contribution in [1.82, 2.24) is 0 Å². The molecular formula is C18H13BrO3. The molecule has 3 nitrogen and oxygen atoms in total. The summed E-state index contributed by atoms with van der Waals surface area (Å²) in [5.74, 6) is 0.736. The normalized spacial score (nSPS) is 17.3. The third kappa shape index (κ3) is 2.33. The van der Waals surface area contributed by atoms with Crippen LogP contribution in [0.2, 0.25) is 0 Å². The van der Waals surface area contributed by atoms with E-state index in [2.05, 4.69) is 22.0 Å². The van der Waals surface area contributed by atoms with Crippen molar-refractivity contribution in [2.75, 3.05) is 0 Å². The summed E-state index contributed by atoms with van der Waals surface area (Å²) in [6, 6.07) is 16.0. The van der Waals surface area contributed by atoms with E-state index < -0.39 is 0 Å². The fourth-order valence-corrected chi connectivity index (χ4v) is 3.10. The van der Waals surface area contributed by atoms with Gasteiger partial charge in [0.05, 0.1) is 6.42 Å². The number of furan rings is 1. The Morgan fingerprint density at radius 2 is 1.82 bits per heavy atom. The van der Waals surface area contributed by atoms with Crippen molar-refractivity contribution in [2.24, 2.45) is 0 Å². The summed E-state index contributed by atoms with van der Waals surface area (Å²) in [6.45, 7) is 0. The minimum atomic E-state index is -0.122. The van der Waals surface area contributed by atoms with E-state index in [-0.39, 0.29) is 12.1 Å². The molecule has 0 bridgehead atoms. The molecule has 22 heavy (non-hydrogen) atoms. The molecule has 1 unspecified atom stereocenters. The third-order valence-corrected chi connectivity index (χ3v) is 4.46. The van der Waals surface area contributed by atoms with Gasteiger partial charge in [0.1, 0.15) is 17.4 Å². The summed E-state index contributed by atoms with van der Waals surface area (Å²) in [4.78, 5) is 11.0. The average molecular weight is 357 g/mol. The Morgan fingerprint density at radius 3 is 2.55 bits per heavy atom. The number of cyclic esters (lactones) is 1. The first-order valence-corrected chi connectivity index (χ1v) is 7.96. The van der Waals surface area contributed by atoms with Crippen molar-refractivity contribution in [3.8, 4) is 11.3 Å². The molecule has 1 aromatic heterocycles. The molecule has 0 radical (unpaired) electrons. The van der Waals surface area contributed by atoms with Crippen LogP contribution >= 0.6 is 15.9 Å². The van der Waals surface area contributed by atoms with Gasteiger partial charge in [0.15, 0.2) is 0 Å². The highest BCUT2D eigenvalue weighted by Gasteiger charge is 2.31. The molecule has 0 saturated carbocycles. The number of esters is 1. The first kappa shape index (κ1) is 13.6. The van der Waals surface area contributed by atoms with Crippen molar-refractivity contribution in [2.45, 2.75) is 18.9 Å². The molecule has 1 aliphatic rings. The molecule has 4 rings (SSSR count). The van der Waals surface area contributed by atoms with E-state index in [0.29, 0.717) is 12.8 Å². The Labute approximate surface area is 136 Å². The second-order valence-electron chi connectivity index (χ2n) is 5.43. The predicted octanol–water partition coefficient (Wildman–Crippen LogP) is 4.72. The van der Waals surface area contributed by atoms with Crippen molar-refractivity contribution in [3.05, 3.63) is 58.6 Å². The lowest BCUT2D eigenvalue weighted by molar-refractivity contribution is -0.169. The first-order valence-electron chi connectivity index (χ1n) is 7.16. The number of para-hydroxylation sites is 1. The lowest BCUT2D eigenvalue weighted by atomic mass is 9.97. The Kier molecular flexibility index (Phi) is 3.26. The van der Waals surface area contributed by atoms with E-state index in [1.165, 1.54) is 0 Å². The van der Waals surface area contributed by atoms with Gasteiger partial charge < -0.3 is 9.15 Å². The van der Waals surface area contributed by atoms with Gasteiger partial charge in [-0.2, -0.15) is 0 Å². The minimum absolute atomic E-state index is 0.0392. The number of benzene rings is 2. The van der Waals surface area contributed by atoms with Gasteiger partial charge in [0.25, 0.3) is 0 Å². The zero-order chi connectivity index (χ0) is 15.1. The van der Waals surface area contributed by atoms with E-state index in [1.54, 1.807) is 0 Å². The number of carbonyl (C=O) groups is 1.